The second-order valence-electron chi connectivity index (χ2n) is 3.66. The van der Waals surface area contributed by atoms with Gasteiger partial charge in [-0.3, -0.25) is 4.40 Å². The first-order valence-corrected chi connectivity index (χ1v) is 4.95. The zero-order valence-corrected chi connectivity index (χ0v) is 8.67. The van der Waals surface area contributed by atoms with Crippen LogP contribution in [0.1, 0.15) is 18.9 Å². The predicted molar refractivity (Wildman–Crippen MR) is 60.3 cm³/mol. The average Bonchev–Trinajstić information content (AvgIpc) is 2.64. The summed E-state index contributed by atoms with van der Waals surface area (Å²) >= 11 is 0. The molecule has 0 aliphatic rings. The summed E-state index contributed by atoms with van der Waals surface area (Å²) in [7, 11) is 0. The summed E-state index contributed by atoms with van der Waals surface area (Å²) in [4.78, 5) is 8.26. The number of fused-ring (bicyclic) bond motifs is 1. The van der Waals surface area contributed by atoms with Gasteiger partial charge in [-0.05, 0) is 13.3 Å². The Bertz CT molecular complexity index is 470. The van der Waals surface area contributed by atoms with Crippen LogP contribution in [0.15, 0.2) is 31.0 Å². The lowest BCUT2D eigenvalue weighted by Gasteiger charge is -1.98. The van der Waals surface area contributed by atoms with Gasteiger partial charge < -0.3 is 5.73 Å². The largest absolute Gasteiger partial charge is 0.328 e. The van der Waals surface area contributed by atoms with Gasteiger partial charge in [0.25, 0.3) is 0 Å². The van der Waals surface area contributed by atoms with E-state index in [0.717, 1.165) is 17.6 Å². The number of nitrogens with two attached hydrogens (primary N) is 1. The van der Waals surface area contributed by atoms with Crippen molar-refractivity contribution in [2.45, 2.75) is 19.4 Å². The third-order valence-electron chi connectivity index (χ3n) is 2.10. The maximum atomic E-state index is 5.65. The molecule has 0 saturated carbocycles. The summed E-state index contributed by atoms with van der Waals surface area (Å²) in [6, 6.07) is 0.200. The molecule has 0 saturated heterocycles. The summed E-state index contributed by atoms with van der Waals surface area (Å²) in [5, 5.41) is 0. The van der Waals surface area contributed by atoms with E-state index in [1.165, 1.54) is 0 Å². The highest BCUT2D eigenvalue weighted by Crippen LogP contribution is 2.04. The zero-order valence-electron chi connectivity index (χ0n) is 8.67. The first-order chi connectivity index (χ1) is 7.25. The number of nitrogens with zero attached hydrogens (tertiary/aromatic N) is 3. The smallest absolute Gasteiger partial charge is 0.156 e. The minimum Gasteiger partial charge on any atom is -0.328 e. The van der Waals surface area contributed by atoms with Crippen molar-refractivity contribution >= 4 is 11.7 Å². The molecule has 0 radical (unpaired) electrons. The van der Waals surface area contributed by atoms with Crippen molar-refractivity contribution in [3.05, 3.63) is 36.6 Å². The lowest BCUT2D eigenvalue weighted by atomic mass is 10.2. The molecule has 0 spiro atoms. The lowest BCUT2D eigenvalue weighted by Crippen LogP contribution is -2.12. The molecule has 2 N–H and O–H groups in total. The van der Waals surface area contributed by atoms with Gasteiger partial charge >= 0.3 is 0 Å². The lowest BCUT2D eigenvalue weighted by molar-refractivity contribution is 0.759. The van der Waals surface area contributed by atoms with Gasteiger partial charge in [0, 0.05) is 24.0 Å². The fourth-order valence-corrected chi connectivity index (χ4v) is 1.34. The molecule has 4 nitrogen and oxygen atoms in total. The molecule has 4 heteroatoms. The maximum Gasteiger partial charge on any atom is 0.156 e. The molecule has 0 aliphatic heterocycles. The molecule has 1 atom stereocenters. The van der Waals surface area contributed by atoms with Gasteiger partial charge in [-0.25, -0.2) is 9.97 Å². The molecule has 0 aromatic carbocycles. The Morgan fingerprint density at radius 1 is 1.53 bits per heavy atom. The molecule has 2 heterocycles. The van der Waals surface area contributed by atoms with Crippen LogP contribution in [0.5, 0.6) is 0 Å². The Labute approximate surface area is 88.5 Å². The van der Waals surface area contributed by atoms with Crippen LogP contribution in [0.25, 0.3) is 11.7 Å². The molecule has 78 valence electrons. The van der Waals surface area contributed by atoms with Gasteiger partial charge in [0.2, 0.25) is 0 Å². The van der Waals surface area contributed by atoms with Crippen LogP contribution in [-0.4, -0.2) is 20.4 Å². The predicted octanol–water partition coefficient (Wildman–Crippen LogP) is 1.48. The highest BCUT2D eigenvalue weighted by atomic mass is 15.0. The van der Waals surface area contributed by atoms with Crippen molar-refractivity contribution in [1.29, 1.82) is 0 Å². The molecule has 15 heavy (non-hydrogen) atoms. The first-order valence-electron chi connectivity index (χ1n) is 4.95. The molecule has 0 fully saturated rings. The van der Waals surface area contributed by atoms with Crippen molar-refractivity contribution in [3.8, 4) is 0 Å². The van der Waals surface area contributed by atoms with E-state index in [9.17, 15) is 0 Å². The summed E-state index contributed by atoms with van der Waals surface area (Å²) in [6.07, 6.45) is 12.3. The van der Waals surface area contributed by atoms with Crippen molar-refractivity contribution < 1.29 is 0 Å². The van der Waals surface area contributed by atoms with Crippen molar-refractivity contribution in [2.75, 3.05) is 0 Å². The summed E-state index contributed by atoms with van der Waals surface area (Å²) in [5.41, 5.74) is 7.57. The van der Waals surface area contributed by atoms with Gasteiger partial charge in [0.15, 0.2) is 5.65 Å². The van der Waals surface area contributed by atoms with Crippen LogP contribution in [0.4, 0.5) is 0 Å². The summed E-state index contributed by atoms with van der Waals surface area (Å²) in [6.45, 7) is 1.99. The molecule has 2 aromatic rings. The number of aromatic nitrogens is 3. The van der Waals surface area contributed by atoms with Crippen LogP contribution in [-0.2, 0) is 0 Å². The SMILES string of the molecule is C[C@H](N)C/C=C/c1cnc2cncn2c1. The fourth-order valence-electron chi connectivity index (χ4n) is 1.34. The van der Waals surface area contributed by atoms with Crippen LogP contribution in [0, 0.1) is 0 Å². The molecule has 0 amide bonds. The Morgan fingerprint density at radius 2 is 2.40 bits per heavy atom. The van der Waals surface area contributed by atoms with E-state index in [4.69, 9.17) is 5.73 Å². The van der Waals surface area contributed by atoms with E-state index in [-0.39, 0.29) is 6.04 Å². The van der Waals surface area contributed by atoms with Gasteiger partial charge in [0.05, 0.1) is 6.20 Å². The van der Waals surface area contributed by atoms with E-state index in [2.05, 4.69) is 16.0 Å². The second kappa shape index (κ2) is 4.23. The minimum atomic E-state index is 0.200. The third kappa shape index (κ3) is 2.41. The molecule has 0 bridgehead atoms. The average molecular weight is 202 g/mol. The number of hydrogen-bond acceptors (Lipinski definition) is 3. The first kappa shape index (κ1) is 9.86. The van der Waals surface area contributed by atoms with E-state index in [0.29, 0.717) is 0 Å². The third-order valence-corrected chi connectivity index (χ3v) is 2.10. The Balaban J connectivity index is 2.17. The second-order valence-corrected chi connectivity index (χ2v) is 3.66. The highest BCUT2D eigenvalue weighted by Gasteiger charge is 1.94. The number of hydrogen-bond donors (Lipinski definition) is 1. The molecular formula is C11H14N4. The quantitative estimate of drug-likeness (QED) is 0.820. The van der Waals surface area contributed by atoms with E-state index < -0.39 is 0 Å². The van der Waals surface area contributed by atoms with E-state index in [1.807, 2.05) is 29.8 Å². The molecule has 0 aliphatic carbocycles. The molecule has 2 aromatic heterocycles. The Morgan fingerprint density at radius 3 is 3.20 bits per heavy atom. The summed E-state index contributed by atoms with van der Waals surface area (Å²) < 4.78 is 1.89. The van der Waals surface area contributed by atoms with E-state index >= 15 is 0 Å². The van der Waals surface area contributed by atoms with E-state index in [1.54, 1.807) is 12.5 Å². The minimum absolute atomic E-state index is 0.200. The van der Waals surface area contributed by atoms with Crippen LogP contribution in [0.2, 0.25) is 0 Å². The van der Waals surface area contributed by atoms with Gasteiger partial charge in [-0.15, -0.1) is 0 Å². The molecular weight excluding hydrogens is 188 g/mol. The number of rotatable bonds is 3. The topological polar surface area (TPSA) is 56.2 Å². The van der Waals surface area contributed by atoms with Crippen LogP contribution in [0.3, 0.4) is 0 Å². The number of imidazole rings is 1. The maximum absolute atomic E-state index is 5.65. The van der Waals surface area contributed by atoms with Gasteiger partial charge in [-0.1, -0.05) is 12.2 Å². The van der Waals surface area contributed by atoms with Crippen LogP contribution < -0.4 is 5.73 Å². The van der Waals surface area contributed by atoms with Gasteiger partial charge in [0.1, 0.15) is 6.33 Å². The highest BCUT2D eigenvalue weighted by molar-refractivity contribution is 5.49. The van der Waals surface area contributed by atoms with Crippen molar-refractivity contribution in [3.63, 3.8) is 0 Å². The fraction of sp³-hybridized carbons (Fsp3) is 0.273. The monoisotopic (exact) mass is 202 g/mol. The normalized spacial score (nSPS) is 13.7. The van der Waals surface area contributed by atoms with Gasteiger partial charge in [-0.2, -0.15) is 0 Å². The molecule has 0 unspecified atom stereocenters. The van der Waals surface area contributed by atoms with Crippen LogP contribution >= 0.6 is 0 Å². The zero-order chi connectivity index (χ0) is 10.7. The Kier molecular flexibility index (Phi) is 2.78. The van der Waals surface area contributed by atoms with Crippen molar-refractivity contribution in [2.24, 2.45) is 5.73 Å². The molecule has 2 rings (SSSR count). The standard InChI is InChI=1S/C11H14N4/c1-9(12)3-2-4-10-5-14-11-6-13-8-15(11)7-10/h2,4-9H,3,12H2,1H3/b4-2+/t9-/m0/s1. The summed E-state index contributed by atoms with van der Waals surface area (Å²) in [5.74, 6) is 0. The Hall–Kier alpha value is -1.68. The van der Waals surface area contributed by atoms with Crippen molar-refractivity contribution in [1.82, 2.24) is 14.4 Å².